The standard InChI is InChI=1S/C13H13NOS2/c15-13(14-11-6-7-17-9-11)12(16)8-10-4-2-1-3-5-10/h1-7,9,12,16H,8H2,(H,14,15). The monoisotopic (exact) mass is 263 g/mol. The summed E-state index contributed by atoms with van der Waals surface area (Å²) in [6.07, 6.45) is 0.639. The minimum Gasteiger partial charge on any atom is -0.324 e. The van der Waals surface area contributed by atoms with Gasteiger partial charge in [-0.1, -0.05) is 30.3 Å². The first kappa shape index (κ1) is 12.2. The van der Waals surface area contributed by atoms with Gasteiger partial charge >= 0.3 is 0 Å². The molecule has 0 aliphatic heterocycles. The third-order valence-corrected chi connectivity index (χ3v) is 3.46. The average Bonchev–Trinajstić information content (AvgIpc) is 2.83. The van der Waals surface area contributed by atoms with Gasteiger partial charge in [-0.05, 0) is 23.4 Å². The van der Waals surface area contributed by atoms with Crippen molar-refractivity contribution in [3.8, 4) is 0 Å². The molecule has 0 saturated heterocycles. The fraction of sp³-hybridized carbons (Fsp3) is 0.154. The van der Waals surface area contributed by atoms with Crippen molar-refractivity contribution in [3.05, 3.63) is 52.7 Å². The van der Waals surface area contributed by atoms with E-state index in [4.69, 9.17) is 0 Å². The van der Waals surface area contributed by atoms with E-state index in [1.165, 1.54) is 0 Å². The number of nitrogens with one attached hydrogen (secondary N) is 1. The first-order valence-electron chi connectivity index (χ1n) is 5.31. The first-order chi connectivity index (χ1) is 8.25. The number of carbonyl (C=O) groups is 1. The highest BCUT2D eigenvalue weighted by Gasteiger charge is 2.14. The van der Waals surface area contributed by atoms with E-state index in [0.717, 1.165) is 11.3 Å². The molecule has 4 heteroatoms. The highest BCUT2D eigenvalue weighted by atomic mass is 32.1. The fourth-order valence-corrected chi connectivity index (χ4v) is 2.35. The minimum absolute atomic E-state index is 0.0596. The van der Waals surface area contributed by atoms with Crippen LogP contribution >= 0.6 is 24.0 Å². The van der Waals surface area contributed by atoms with E-state index < -0.39 is 0 Å². The van der Waals surface area contributed by atoms with Gasteiger partial charge in [-0.25, -0.2) is 0 Å². The van der Waals surface area contributed by atoms with E-state index >= 15 is 0 Å². The highest BCUT2D eigenvalue weighted by molar-refractivity contribution is 7.81. The molecule has 1 aromatic heterocycles. The number of benzene rings is 1. The summed E-state index contributed by atoms with van der Waals surface area (Å²) in [5, 5.41) is 6.35. The summed E-state index contributed by atoms with van der Waals surface area (Å²) >= 11 is 5.90. The largest absolute Gasteiger partial charge is 0.324 e. The summed E-state index contributed by atoms with van der Waals surface area (Å²) in [4.78, 5) is 11.8. The Hall–Kier alpha value is -1.26. The summed E-state index contributed by atoms with van der Waals surface area (Å²) < 4.78 is 0. The predicted molar refractivity (Wildman–Crippen MR) is 75.9 cm³/mol. The van der Waals surface area contributed by atoms with Crippen molar-refractivity contribution in [2.24, 2.45) is 0 Å². The topological polar surface area (TPSA) is 29.1 Å². The maximum Gasteiger partial charge on any atom is 0.237 e. The lowest BCUT2D eigenvalue weighted by Gasteiger charge is -2.10. The molecule has 0 fully saturated rings. The van der Waals surface area contributed by atoms with Crippen molar-refractivity contribution in [2.45, 2.75) is 11.7 Å². The van der Waals surface area contributed by atoms with Gasteiger partial charge in [0.2, 0.25) is 5.91 Å². The summed E-state index contributed by atoms with van der Waals surface area (Å²) in [7, 11) is 0. The second-order valence-corrected chi connectivity index (χ2v) is 5.11. The molecule has 2 rings (SSSR count). The summed E-state index contributed by atoms with van der Waals surface area (Å²) in [6, 6.07) is 11.8. The van der Waals surface area contributed by atoms with Gasteiger partial charge in [0.15, 0.2) is 0 Å². The van der Waals surface area contributed by atoms with Crippen molar-refractivity contribution >= 4 is 35.6 Å². The van der Waals surface area contributed by atoms with Crippen LogP contribution in [0.3, 0.4) is 0 Å². The normalized spacial score (nSPS) is 12.1. The Balaban J connectivity index is 1.92. The number of hydrogen-bond donors (Lipinski definition) is 2. The van der Waals surface area contributed by atoms with Gasteiger partial charge in [0, 0.05) is 5.38 Å². The van der Waals surface area contributed by atoms with Crippen LogP contribution in [0.4, 0.5) is 5.69 Å². The number of carbonyl (C=O) groups excluding carboxylic acids is 1. The van der Waals surface area contributed by atoms with E-state index in [1.54, 1.807) is 11.3 Å². The zero-order chi connectivity index (χ0) is 12.1. The van der Waals surface area contributed by atoms with E-state index in [2.05, 4.69) is 17.9 Å². The molecular formula is C13H13NOS2. The molecule has 17 heavy (non-hydrogen) atoms. The fourth-order valence-electron chi connectivity index (χ4n) is 1.49. The van der Waals surface area contributed by atoms with Crippen LogP contribution in [-0.4, -0.2) is 11.2 Å². The molecule has 2 aromatic rings. The van der Waals surface area contributed by atoms with Crippen molar-refractivity contribution in [1.29, 1.82) is 0 Å². The Morgan fingerprint density at radius 1 is 1.29 bits per heavy atom. The molecule has 0 radical (unpaired) electrons. The third-order valence-electron chi connectivity index (χ3n) is 2.36. The van der Waals surface area contributed by atoms with Gasteiger partial charge in [-0.15, -0.1) is 0 Å². The molecule has 0 aliphatic carbocycles. The second-order valence-electron chi connectivity index (χ2n) is 3.71. The predicted octanol–water partition coefficient (Wildman–Crippen LogP) is 3.23. The van der Waals surface area contributed by atoms with Crippen LogP contribution in [-0.2, 0) is 11.2 Å². The van der Waals surface area contributed by atoms with Crippen molar-refractivity contribution in [3.63, 3.8) is 0 Å². The Morgan fingerprint density at radius 2 is 2.06 bits per heavy atom. The van der Waals surface area contributed by atoms with Crippen molar-refractivity contribution in [1.82, 2.24) is 0 Å². The molecule has 0 spiro atoms. The van der Waals surface area contributed by atoms with Gasteiger partial charge < -0.3 is 5.32 Å². The van der Waals surface area contributed by atoms with Crippen LogP contribution in [0.5, 0.6) is 0 Å². The van der Waals surface area contributed by atoms with Gasteiger partial charge in [-0.2, -0.15) is 24.0 Å². The smallest absolute Gasteiger partial charge is 0.237 e. The molecule has 1 N–H and O–H groups in total. The average molecular weight is 263 g/mol. The van der Waals surface area contributed by atoms with Crippen LogP contribution < -0.4 is 5.32 Å². The van der Waals surface area contributed by atoms with E-state index in [9.17, 15) is 4.79 Å². The Labute approximate surface area is 110 Å². The highest BCUT2D eigenvalue weighted by Crippen LogP contribution is 2.14. The van der Waals surface area contributed by atoms with Gasteiger partial charge in [0.25, 0.3) is 0 Å². The quantitative estimate of drug-likeness (QED) is 0.815. The Bertz CT molecular complexity index is 467. The van der Waals surface area contributed by atoms with E-state index in [-0.39, 0.29) is 11.2 Å². The maximum atomic E-state index is 11.8. The van der Waals surface area contributed by atoms with Crippen molar-refractivity contribution < 1.29 is 4.79 Å². The third kappa shape index (κ3) is 3.61. The van der Waals surface area contributed by atoms with Crippen LogP contribution in [0, 0.1) is 0 Å². The summed E-state index contributed by atoms with van der Waals surface area (Å²) in [5.41, 5.74) is 1.96. The molecule has 0 bridgehead atoms. The number of amides is 1. The summed E-state index contributed by atoms with van der Waals surface area (Å²) in [5.74, 6) is -0.0596. The number of thiol groups is 1. The molecule has 1 heterocycles. The van der Waals surface area contributed by atoms with Crippen LogP contribution in [0.25, 0.3) is 0 Å². The zero-order valence-corrected chi connectivity index (χ0v) is 10.9. The van der Waals surface area contributed by atoms with E-state index in [0.29, 0.717) is 6.42 Å². The Morgan fingerprint density at radius 3 is 2.71 bits per heavy atom. The minimum atomic E-state index is -0.322. The van der Waals surface area contributed by atoms with Gasteiger partial charge in [-0.3, -0.25) is 4.79 Å². The molecule has 0 saturated carbocycles. The van der Waals surface area contributed by atoms with Crippen molar-refractivity contribution in [2.75, 3.05) is 5.32 Å². The summed E-state index contributed by atoms with van der Waals surface area (Å²) in [6.45, 7) is 0. The second kappa shape index (κ2) is 5.89. The lowest BCUT2D eigenvalue weighted by atomic mass is 10.1. The van der Waals surface area contributed by atoms with Crippen LogP contribution in [0.2, 0.25) is 0 Å². The molecule has 88 valence electrons. The molecule has 0 aliphatic rings. The molecule has 1 amide bonds. The lowest BCUT2D eigenvalue weighted by molar-refractivity contribution is -0.115. The zero-order valence-electron chi connectivity index (χ0n) is 9.17. The van der Waals surface area contributed by atoms with Crippen LogP contribution in [0.15, 0.2) is 47.2 Å². The SMILES string of the molecule is O=C(Nc1ccsc1)C(S)Cc1ccccc1. The molecular weight excluding hydrogens is 250 g/mol. The Kier molecular flexibility index (Phi) is 4.23. The number of thiophene rings is 1. The van der Waals surface area contributed by atoms with Gasteiger partial charge in [0.1, 0.15) is 0 Å². The molecule has 1 aromatic carbocycles. The first-order valence-corrected chi connectivity index (χ1v) is 6.76. The van der Waals surface area contributed by atoms with Gasteiger partial charge in [0.05, 0.1) is 10.9 Å². The number of anilines is 1. The number of rotatable bonds is 4. The number of hydrogen-bond acceptors (Lipinski definition) is 3. The molecule has 2 nitrogen and oxygen atoms in total. The van der Waals surface area contributed by atoms with E-state index in [1.807, 2.05) is 47.2 Å². The molecule has 1 atom stereocenters. The molecule has 1 unspecified atom stereocenters. The van der Waals surface area contributed by atoms with Crippen LogP contribution in [0.1, 0.15) is 5.56 Å². The lowest BCUT2D eigenvalue weighted by Crippen LogP contribution is -2.24. The maximum absolute atomic E-state index is 11.8.